The Kier molecular flexibility index (Phi) is 4.61. The molecule has 8 nitrogen and oxygen atoms in total. The molecule has 0 amide bonds. The quantitative estimate of drug-likeness (QED) is 0.699. The second-order valence-electron chi connectivity index (χ2n) is 7.05. The molecule has 5 heterocycles. The van der Waals surface area contributed by atoms with Crippen LogP contribution in [0.2, 0.25) is 0 Å². The number of hydrogen-bond donors (Lipinski definition) is 0. The van der Waals surface area contributed by atoms with Gasteiger partial charge in [0.25, 0.3) is 0 Å². The van der Waals surface area contributed by atoms with E-state index < -0.39 is 0 Å². The average molecular weight is 369 g/mol. The number of aromatic nitrogens is 5. The normalized spacial score (nSPS) is 21.7. The molecule has 0 aromatic carbocycles. The zero-order valence-corrected chi connectivity index (χ0v) is 15.2. The van der Waals surface area contributed by atoms with E-state index in [1.807, 2.05) is 27.5 Å². The molecule has 2 saturated heterocycles. The Morgan fingerprint density at radius 1 is 1.07 bits per heavy atom. The molecule has 0 saturated carbocycles. The van der Waals surface area contributed by atoms with Crippen LogP contribution in [0.5, 0.6) is 0 Å². The van der Waals surface area contributed by atoms with Crippen molar-refractivity contribution >= 4 is 5.52 Å². The zero-order valence-electron chi connectivity index (χ0n) is 15.2. The largest absolute Gasteiger partial charge is 0.381 e. The van der Waals surface area contributed by atoms with Crippen LogP contribution in [0.3, 0.4) is 0 Å². The number of hydrogen-bond acceptors (Lipinski definition) is 6. The van der Waals surface area contributed by atoms with Crippen LogP contribution in [0, 0.1) is 0 Å². The van der Waals surface area contributed by atoms with Crippen LogP contribution >= 0.6 is 0 Å². The van der Waals surface area contributed by atoms with E-state index in [0.717, 1.165) is 48.8 Å². The summed E-state index contributed by atoms with van der Waals surface area (Å²) in [6.45, 7) is 4.06. The minimum atomic E-state index is 0.000405. The third-order valence-electron chi connectivity index (χ3n) is 5.19. The van der Waals surface area contributed by atoms with Gasteiger partial charge in [0.2, 0.25) is 0 Å². The topological polar surface area (TPSA) is 75.7 Å². The molecule has 8 heteroatoms. The van der Waals surface area contributed by atoms with Crippen molar-refractivity contribution in [1.82, 2.24) is 24.4 Å². The van der Waals surface area contributed by atoms with Gasteiger partial charge in [0, 0.05) is 37.1 Å². The van der Waals surface area contributed by atoms with Crippen LogP contribution in [0.15, 0.2) is 30.6 Å². The molecule has 0 bridgehead atoms. The standard InChI is InChI=1S/C19H23N5O3/c1-5-20-23-6-2-15(11-16(1)23)19-21-18(14-3-7-25-8-4-14)22-24(19)12-17-13-26-9-10-27-17/h1-2,5-6,11,14,17H,3-4,7-10,12-13H2. The maximum atomic E-state index is 5.84. The fourth-order valence-corrected chi connectivity index (χ4v) is 3.72. The van der Waals surface area contributed by atoms with Crippen molar-refractivity contribution in [1.29, 1.82) is 0 Å². The molecule has 2 aliphatic rings. The Morgan fingerprint density at radius 2 is 2.00 bits per heavy atom. The highest BCUT2D eigenvalue weighted by Crippen LogP contribution is 2.28. The summed E-state index contributed by atoms with van der Waals surface area (Å²) in [6, 6.07) is 6.12. The predicted molar refractivity (Wildman–Crippen MR) is 97.6 cm³/mol. The molecule has 27 heavy (non-hydrogen) atoms. The molecule has 3 aromatic rings. The fourth-order valence-electron chi connectivity index (χ4n) is 3.72. The lowest BCUT2D eigenvalue weighted by Crippen LogP contribution is -2.32. The summed E-state index contributed by atoms with van der Waals surface area (Å²) >= 11 is 0. The predicted octanol–water partition coefficient (Wildman–Crippen LogP) is 1.90. The Hall–Kier alpha value is -2.29. The second kappa shape index (κ2) is 7.38. The van der Waals surface area contributed by atoms with Crippen LogP contribution in [-0.4, -0.2) is 63.5 Å². The van der Waals surface area contributed by atoms with E-state index >= 15 is 0 Å². The highest BCUT2D eigenvalue weighted by atomic mass is 16.6. The molecule has 0 radical (unpaired) electrons. The molecule has 2 fully saturated rings. The molecule has 2 aliphatic heterocycles. The second-order valence-corrected chi connectivity index (χ2v) is 7.05. The zero-order chi connectivity index (χ0) is 18.1. The maximum Gasteiger partial charge on any atom is 0.158 e. The molecule has 3 aromatic heterocycles. The van der Waals surface area contributed by atoms with Gasteiger partial charge in [-0.05, 0) is 31.0 Å². The summed E-state index contributed by atoms with van der Waals surface area (Å²) in [7, 11) is 0. The first kappa shape index (κ1) is 16.9. The van der Waals surface area contributed by atoms with Gasteiger partial charge in [-0.1, -0.05) is 0 Å². The van der Waals surface area contributed by atoms with Gasteiger partial charge in [-0.15, -0.1) is 0 Å². The van der Waals surface area contributed by atoms with Gasteiger partial charge in [0.05, 0.1) is 31.9 Å². The third kappa shape index (κ3) is 3.47. The first-order valence-corrected chi connectivity index (χ1v) is 9.52. The van der Waals surface area contributed by atoms with Gasteiger partial charge in [0.15, 0.2) is 11.6 Å². The van der Waals surface area contributed by atoms with Crippen molar-refractivity contribution in [2.24, 2.45) is 0 Å². The van der Waals surface area contributed by atoms with E-state index in [1.54, 1.807) is 6.20 Å². The van der Waals surface area contributed by atoms with E-state index in [2.05, 4.69) is 11.2 Å². The minimum Gasteiger partial charge on any atom is -0.381 e. The first-order valence-electron chi connectivity index (χ1n) is 9.52. The van der Waals surface area contributed by atoms with Gasteiger partial charge < -0.3 is 14.2 Å². The third-order valence-corrected chi connectivity index (χ3v) is 5.19. The van der Waals surface area contributed by atoms with Crippen LogP contribution in [0.1, 0.15) is 24.6 Å². The molecular weight excluding hydrogens is 346 g/mol. The van der Waals surface area contributed by atoms with Crippen molar-refractivity contribution in [3.63, 3.8) is 0 Å². The Bertz CT molecular complexity index is 909. The van der Waals surface area contributed by atoms with Gasteiger partial charge in [-0.2, -0.15) is 10.2 Å². The maximum absolute atomic E-state index is 5.84. The van der Waals surface area contributed by atoms with Gasteiger partial charge in [-0.3, -0.25) is 0 Å². The van der Waals surface area contributed by atoms with Crippen molar-refractivity contribution in [3.8, 4) is 11.4 Å². The first-order chi connectivity index (χ1) is 13.4. The monoisotopic (exact) mass is 369 g/mol. The molecule has 5 rings (SSSR count). The lowest BCUT2D eigenvalue weighted by molar-refractivity contribution is -0.0945. The van der Waals surface area contributed by atoms with Gasteiger partial charge in [-0.25, -0.2) is 14.2 Å². The van der Waals surface area contributed by atoms with E-state index in [1.165, 1.54) is 0 Å². The van der Waals surface area contributed by atoms with Crippen molar-refractivity contribution in [2.45, 2.75) is 31.4 Å². The summed E-state index contributed by atoms with van der Waals surface area (Å²) in [5, 5.41) is 9.14. The number of fused-ring (bicyclic) bond motifs is 1. The summed E-state index contributed by atoms with van der Waals surface area (Å²) in [5.41, 5.74) is 2.07. The van der Waals surface area contributed by atoms with E-state index in [9.17, 15) is 0 Å². The van der Waals surface area contributed by atoms with E-state index in [0.29, 0.717) is 32.3 Å². The summed E-state index contributed by atoms with van der Waals surface area (Å²) in [4.78, 5) is 4.93. The molecular formula is C19H23N5O3. The van der Waals surface area contributed by atoms with E-state index in [-0.39, 0.29) is 6.10 Å². The van der Waals surface area contributed by atoms with Crippen LogP contribution in [0.25, 0.3) is 16.9 Å². The summed E-state index contributed by atoms with van der Waals surface area (Å²) in [6.07, 6.45) is 5.69. The summed E-state index contributed by atoms with van der Waals surface area (Å²) < 4.78 is 20.7. The Balaban J connectivity index is 1.50. The minimum absolute atomic E-state index is 0.000405. The van der Waals surface area contributed by atoms with Gasteiger partial charge >= 0.3 is 0 Å². The van der Waals surface area contributed by atoms with E-state index in [4.69, 9.17) is 24.3 Å². The molecule has 142 valence electrons. The number of ether oxygens (including phenoxy) is 3. The lowest BCUT2D eigenvalue weighted by Gasteiger charge is -2.23. The highest BCUT2D eigenvalue weighted by molar-refractivity contribution is 5.63. The Morgan fingerprint density at radius 3 is 2.85 bits per heavy atom. The van der Waals surface area contributed by atoms with Crippen LogP contribution in [0.4, 0.5) is 0 Å². The number of nitrogens with zero attached hydrogens (tertiary/aromatic N) is 5. The van der Waals surface area contributed by atoms with Crippen molar-refractivity contribution < 1.29 is 14.2 Å². The summed E-state index contributed by atoms with van der Waals surface area (Å²) in [5.74, 6) is 2.12. The molecule has 1 unspecified atom stereocenters. The lowest BCUT2D eigenvalue weighted by atomic mass is 10.00. The number of pyridine rings is 1. The van der Waals surface area contributed by atoms with Crippen molar-refractivity contribution in [3.05, 3.63) is 36.4 Å². The average Bonchev–Trinajstić information content (AvgIpc) is 3.36. The van der Waals surface area contributed by atoms with Crippen molar-refractivity contribution in [2.75, 3.05) is 33.0 Å². The molecule has 1 atom stereocenters. The highest BCUT2D eigenvalue weighted by Gasteiger charge is 2.25. The fraction of sp³-hybridized carbons (Fsp3) is 0.526. The SMILES string of the molecule is c1cc2cc(-c3nc(C4CCOCC4)nn3CC3COCCO3)ccn2n1. The molecule has 0 N–H and O–H groups in total. The smallest absolute Gasteiger partial charge is 0.158 e. The molecule has 0 spiro atoms. The molecule has 0 aliphatic carbocycles. The van der Waals surface area contributed by atoms with Gasteiger partial charge in [0.1, 0.15) is 6.10 Å². The Labute approximate surface area is 157 Å². The van der Waals surface area contributed by atoms with Crippen LogP contribution in [-0.2, 0) is 20.8 Å². The number of rotatable bonds is 4. The van der Waals surface area contributed by atoms with Crippen LogP contribution < -0.4 is 0 Å².